The Kier molecular flexibility index (Phi) is 4.83. The highest BCUT2D eigenvalue weighted by Crippen LogP contribution is 2.33. The minimum Gasteiger partial charge on any atom is -0.497 e. The summed E-state index contributed by atoms with van der Waals surface area (Å²) in [6.45, 7) is 1.23. The molecule has 0 saturated carbocycles. The lowest BCUT2D eigenvalue weighted by Crippen LogP contribution is -2.52. The van der Waals surface area contributed by atoms with Crippen LogP contribution in [0.4, 0.5) is 5.69 Å². The van der Waals surface area contributed by atoms with E-state index in [-0.39, 0.29) is 16.7 Å². The quantitative estimate of drug-likeness (QED) is 0.815. The number of rotatable bonds is 3. The van der Waals surface area contributed by atoms with Gasteiger partial charge in [-0.2, -0.15) is 4.72 Å². The molecule has 0 spiro atoms. The Hall–Kier alpha value is -2.10. The van der Waals surface area contributed by atoms with E-state index in [9.17, 15) is 13.2 Å². The smallest absolute Gasteiger partial charge is 0.263 e. The lowest BCUT2D eigenvalue weighted by atomic mass is 9.93. The summed E-state index contributed by atoms with van der Waals surface area (Å²) in [7, 11) is -2.03. The van der Waals surface area contributed by atoms with Crippen molar-refractivity contribution < 1.29 is 17.9 Å². The molecule has 2 aliphatic rings. The van der Waals surface area contributed by atoms with Gasteiger partial charge in [-0.25, -0.2) is 8.42 Å². The predicted molar refractivity (Wildman–Crippen MR) is 104 cm³/mol. The van der Waals surface area contributed by atoms with E-state index in [1.54, 1.807) is 25.3 Å². The number of fused-ring (bicyclic) bond motifs is 1. The number of sulfonamides is 1. The number of hydrogen-bond acceptors (Lipinski definition) is 6. The van der Waals surface area contributed by atoms with Crippen LogP contribution in [0.2, 0.25) is 0 Å². The highest BCUT2D eigenvalue weighted by molar-refractivity contribution is 7.89. The van der Waals surface area contributed by atoms with Gasteiger partial charge in [0.25, 0.3) is 5.91 Å². The summed E-state index contributed by atoms with van der Waals surface area (Å²) in [6, 6.07) is 8.59. The van der Waals surface area contributed by atoms with Crippen molar-refractivity contribution in [2.75, 3.05) is 25.5 Å². The summed E-state index contributed by atoms with van der Waals surface area (Å²) < 4.78 is 33.2. The van der Waals surface area contributed by atoms with Gasteiger partial charge in [-0.3, -0.25) is 4.79 Å². The number of thiophene rings is 1. The number of methoxy groups -OCH3 is 1. The Morgan fingerprint density at radius 3 is 2.70 bits per heavy atom. The molecule has 0 unspecified atom stereocenters. The molecular formula is C18H21N3O4S2. The molecule has 0 radical (unpaired) electrons. The molecule has 1 aromatic carbocycles. The number of amides is 1. The fraction of sp³-hybridized carbons (Fsp3) is 0.389. The Bertz CT molecular complexity index is 936. The predicted octanol–water partition coefficient (Wildman–Crippen LogP) is 2.34. The second kappa shape index (κ2) is 7.14. The minimum atomic E-state index is -3.58. The van der Waals surface area contributed by atoms with Crippen molar-refractivity contribution in [2.24, 2.45) is 5.92 Å². The third-order valence-electron chi connectivity index (χ3n) is 5.10. The van der Waals surface area contributed by atoms with Crippen LogP contribution in [0, 0.1) is 5.92 Å². The van der Waals surface area contributed by atoms with Crippen LogP contribution in [-0.4, -0.2) is 45.6 Å². The molecule has 1 saturated heterocycles. The van der Waals surface area contributed by atoms with E-state index in [4.69, 9.17) is 4.74 Å². The molecule has 1 fully saturated rings. The van der Waals surface area contributed by atoms with E-state index in [0.29, 0.717) is 24.5 Å². The van der Waals surface area contributed by atoms with Crippen LogP contribution >= 0.6 is 11.3 Å². The van der Waals surface area contributed by atoms with Gasteiger partial charge in [-0.1, -0.05) is 6.07 Å². The average molecular weight is 408 g/mol. The number of carbonyl (C=O) groups excluding carboxylic acids is 1. The Labute approximate surface area is 162 Å². The number of ether oxygens (including phenoxy) is 1. The second-order valence-corrected chi connectivity index (χ2v) is 9.34. The highest BCUT2D eigenvalue weighted by Gasteiger charge is 2.36. The summed E-state index contributed by atoms with van der Waals surface area (Å²) in [6.07, 6.45) is 1.07. The summed E-state index contributed by atoms with van der Waals surface area (Å²) >= 11 is 1.44. The van der Waals surface area contributed by atoms with Gasteiger partial charge in [0.05, 0.1) is 23.8 Å². The van der Waals surface area contributed by atoms with Gasteiger partial charge in [0.15, 0.2) is 0 Å². The van der Waals surface area contributed by atoms with Crippen molar-refractivity contribution >= 4 is 33.0 Å². The van der Waals surface area contributed by atoms with Crippen LogP contribution in [0.1, 0.15) is 22.5 Å². The standard InChI is InChI=1S/C18H21N3O4S2/c1-25-13-4-5-16-14(11-13)19-17(20-27(16,23)24)12-6-8-21(9-7-12)18(22)15-3-2-10-26-15/h2-5,10-12,17,19-20H,6-9H2,1H3/t17-/m1/s1. The van der Waals surface area contributed by atoms with E-state index < -0.39 is 16.2 Å². The molecule has 144 valence electrons. The van der Waals surface area contributed by atoms with E-state index in [1.807, 2.05) is 22.4 Å². The Balaban J connectivity index is 1.46. The van der Waals surface area contributed by atoms with Crippen LogP contribution in [0.15, 0.2) is 40.6 Å². The number of piperidine rings is 1. The van der Waals surface area contributed by atoms with Crippen molar-refractivity contribution in [1.82, 2.24) is 9.62 Å². The van der Waals surface area contributed by atoms with Crippen molar-refractivity contribution in [1.29, 1.82) is 0 Å². The van der Waals surface area contributed by atoms with Gasteiger partial charge < -0.3 is 15.0 Å². The van der Waals surface area contributed by atoms with Crippen LogP contribution in [0.3, 0.4) is 0 Å². The lowest BCUT2D eigenvalue weighted by Gasteiger charge is -2.38. The van der Waals surface area contributed by atoms with E-state index in [0.717, 1.165) is 17.7 Å². The molecule has 1 aromatic heterocycles. The zero-order chi connectivity index (χ0) is 19.0. The van der Waals surface area contributed by atoms with Crippen LogP contribution in [-0.2, 0) is 10.0 Å². The first-order chi connectivity index (χ1) is 13.0. The number of anilines is 1. The number of hydrogen-bond donors (Lipinski definition) is 2. The molecule has 2 N–H and O–H groups in total. The van der Waals surface area contributed by atoms with Crippen LogP contribution in [0.5, 0.6) is 5.75 Å². The van der Waals surface area contributed by atoms with Crippen molar-refractivity contribution in [2.45, 2.75) is 23.9 Å². The second-order valence-electron chi connectivity index (χ2n) is 6.71. The molecule has 9 heteroatoms. The Morgan fingerprint density at radius 2 is 2.04 bits per heavy atom. The number of nitrogens with one attached hydrogen (secondary N) is 2. The highest BCUT2D eigenvalue weighted by atomic mass is 32.2. The molecule has 2 aliphatic heterocycles. The molecule has 27 heavy (non-hydrogen) atoms. The molecule has 0 aliphatic carbocycles. The van der Waals surface area contributed by atoms with Crippen molar-refractivity contribution in [3.8, 4) is 5.75 Å². The van der Waals surface area contributed by atoms with Crippen molar-refractivity contribution in [3.63, 3.8) is 0 Å². The third-order valence-corrected chi connectivity index (χ3v) is 7.46. The maximum absolute atomic E-state index is 12.6. The van der Waals surface area contributed by atoms with Gasteiger partial charge in [0, 0.05) is 19.2 Å². The third kappa shape index (κ3) is 3.54. The van der Waals surface area contributed by atoms with Crippen LogP contribution in [0.25, 0.3) is 0 Å². The van der Waals surface area contributed by atoms with Crippen LogP contribution < -0.4 is 14.8 Å². The van der Waals surface area contributed by atoms with Crippen molar-refractivity contribution in [3.05, 3.63) is 40.6 Å². The van der Waals surface area contributed by atoms with E-state index in [2.05, 4.69) is 10.0 Å². The van der Waals surface area contributed by atoms with Gasteiger partial charge in [-0.15, -0.1) is 11.3 Å². The maximum atomic E-state index is 12.6. The van der Waals surface area contributed by atoms with E-state index in [1.165, 1.54) is 11.3 Å². The molecule has 1 amide bonds. The number of carbonyl (C=O) groups is 1. The first kappa shape index (κ1) is 18.3. The molecular weight excluding hydrogens is 386 g/mol. The number of likely N-dealkylation sites (tertiary alicyclic amines) is 1. The maximum Gasteiger partial charge on any atom is 0.263 e. The normalized spacial score (nSPS) is 22.0. The molecule has 1 atom stereocenters. The number of nitrogens with zero attached hydrogens (tertiary/aromatic N) is 1. The van der Waals surface area contributed by atoms with Gasteiger partial charge >= 0.3 is 0 Å². The first-order valence-electron chi connectivity index (χ1n) is 8.77. The van der Waals surface area contributed by atoms with Gasteiger partial charge in [-0.05, 0) is 42.3 Å². The SMILES string of the molecule is COc1ccc2c(c1)N[C@@H](C1CCN(C(=O)c3cccs3)CC1)NS2(=O)=O. The fourth-order valence-corrected chi connectivity index (χ4v) is 5.67. The monoisotopic (exact) mass is 407 g/mol. The largest absolute Gasteiger partial charge is 0.497 e. The summed E-state index contributed by atoms with van der Waals surface area (Å²) in [5, 5.41) is 5.19. The Morgan fingerprint density at radius 1 is 1.26 bits per heavy atom. The molecule has 0 bridgehead atoms. The zero-order valence-corrected chi connectivity index (χ0v) is 16.5. The molecule has 4 rings (SSSR count). The zero-order valence-electron chi connectivity index (χ0n) is 14.8. The first-order valence-corrected chi connectivity index (χ1v) is 11.1. The summed E-state index contributed by atoms with van der Waals surface area (Å²) in [4.78, 5) is 15.3. The molecule has 2 aromatic rings. The van der Waals surface area contributed by atoms with Gasteiger partial charge in [0.2, 0.25) is 10.0 Å². The van der Waals surface area contributed by atoms with Gasteiger partial charge in [0.1, 0.15) is 10.6 Å². The lowest BCUT2D eigenvalue weighted by molar-refractivity contribution is 0.0684. The van der Waals surface area contributed by atoms with E-state index >= 15 is 0 Å². The molecule has 3 heterocycles. The summed E-state index contributed by atoms with van der Waals surface area (Å²) in [5.41, 5.74) is 0.551. The summed E-state index contributed by atoms with van der Waals surface area (Å²) in [5.74, 6) is 0.760. The number of benzene rings is 1. The average Bonchev–Trinajstić information content (AvgIpc) is 3.21. The topological polar surface area (TPSA) is 87.7 Å². The molecule has 7 nitrogen and oxygen atoms in total. The minimum absolute atomic E-state index is 0.0516. The fourth-order valence-electron chi connectivity index (χ4n) is 3.62.